The second kappa shape index (κ2) is 5.73. The summed E-state index contributed by atoms with van der Waals surface area (Å²) in [6.07, 6.45) is 2.87. The Morgan fingerprint density at radius 2 is 1.88 bits per heavy atom. The highest BCUT2D eigenvalue weighted by Gasteiger charge is 2.60. The summed E-state index contributed by atoms with van der Waals surface area (Å²) in [7, 11) is 0. The molecule has 1 aromatic carbocycles. The van der Waals surface area contributed by atoms with Crippen LogP contribution in [0.25, 0.3) is 0 Å². The lowest BCUT2D eigenvalue weighted by Crippen LogP contribution is -2.37. The van der Waals surface area contributed by atoms with E-state index in [1.807, 2.05) is 37.3 Å². The SMILES string of the molecule is C=CC1C(=C(C)C)C(C)CC12CC(=O)N(c1ccc(C)cc1)C2=O. The van der Waals surface area contributed by atoms with Crippen LogP contribution >= 0.6 is 0 Å². The molecule has 3 unspecified atom stereocenters. The van der Waals surface area contributed by atoms with Crippen LogP contribution < -0.4 is 4.90 Å². The predicted molar refractivity (Wildman–Crippen MR) is 96.6 cm³/mol. The van der Waals surface area contributed by atoms with E-state index in [0.717, 1.165) is 12.0 Å². The first-order chi connectivity index (χ1) is 11.3. The van der Waals surface area contributed by atoms with Gasteiger partial charge in [-0.15, -0.1) is 6.58 Å². The fraction of sp³-hybridized carbons (Fsp3) is 0.429. The van der Waals surface area contributed by atoms with E-state index in [1.165, 1.54) is 16.0 Å². The van der Waals surface area contributed by atoms with Crippen molar-refractivity contribution in [2.24, 2.45) is 17.3 Å². The number of carbonyl (C=O) groups excluding carboxylic acids is 2. The van der Waals surface area contributed by atoms with Crippen molar-refractivity contribution < 1.29 is 9.59 Å². The van der Waals surface area contributed by atoms with Crippen molar-refractivity contribution in [2.75, 3.05) is 4.90 Å². The van der Waals surface area contributed by atoms with Gasteiger partial charge >= 0.3 is 0 Å². The second-order valence-electron chi connectivity index (χ2n) is 7.48. The highest BCUT2D eigenvalue weighted by molar-refractivity contribution is 6.23. The molecule has 0 aromatic heterocycles. The largest absolute Gasteiger partial charge is 0.274 e. The van der Waals surface area contributed by atoms with Gasteiger partial charge in [0.15, 0.2) is 0 Å². The molecule has 1 aromatic rings. The molecule has 126 valence electrons. The van der Waals surface area contributed by atoms with Crippen molar-refractivity contribution in [3.05, 3.63) is 53.6 Å². The van der Waals surface area contributed by atoms with Crippen LogP contribution in [0.15, 0.2) is 48.1 Å². The third kappa shape index (κ3) is 2.26. The van der Waals surface area contributed by atoms with Gasteiger partial charge in [-0.25, -0.2) is 0 Å². The average molecular weight is 323 g/mol. The third-order valence-corrected chi connectivity index (χ3v) is 5.58. The summed E-state index contributed by atoms with van der Waals surface area (Å²) in [5.41, 5.74) is 3.64. The van der Waals surface area contributed by atoms with Crippen molar-refractivity contribution in [1.82, 2.24) is 0 Å². The number of amides is 2. The quantitative estimate of drug-likeness (QED) is 0.596. The van der Waals surface area contributed by atoms with Gasteiger partial charge in [0, 0.05) is 12.3 Å². The first-order valence-electron chi connectivity index (χ1n) is 8.55. The van der Waals surface area contributed by atoms with Crippen LogP contribution in [0.1, 0.15) is 39.2 Å². The van der Waals surface area contributed by atoms with Crippen LogP contribution in [0.2, 0.25) is 0 Å². The van der Waals surface area contributed by atoms with Crippen LogP contribution in [0.3, 0.4) is 0 Å². The van der Waals surface area contributed by atoms with Gasteiger partial charge in [-0.05, 0) is 45.2 Å². The van der Waals surface area contributed by atoms with Crippen molar-refractivity contribution in [3.63, 3.8) is 0 Å². The van der Waals surface area contributed by atoms with E-state index >= 15 is 0 Å². The Hall–Kier alpha value is -2.16. The summed E-state index contributed by atoms with van der Waals surface area (Å²) >= 11 is 0. The summed E-state index contributed by atoms with van der Waals surface area (Å²) in [5, 5.41) is 0. The molecule has 1 saturated carbocycles. The van der Waals surface area contributed by atoms with Crippen LogP contribution in [0, 0.1) is 24.2 Å². The summed E-state index contributed by atoms with van der Waals surface area (Å²) in [6, 6.07) is 7.58. The zero-order valence-corrected chi connectivity index (χ0v) is 14.9. The van der Waals surface area contributed by atoms with Crippen LogP contribution in [-0.4, -0.2) is 11.8 Å². The highest BCUT2D eigenvalue weighted by atomic mass is 16.2. The Labute approximate surface area is 144 Å². The zero-order valence-electron chi connectivity index (χ0n) is 14.9. The van der Waals surface area contributed by atoms with E-state index in [9.17, 15) is 9.59 Å². The Bertz CT molecular complexity index is 740. The minimum absolute atomic E-state index is 0.0515. The van der Waals surface area contributed by atoms with Gasteiger partial charge in [-0.2, -0.15) is 0 Å². The lowest BCUT2D eigenvalue weighted by atomic mass is 9.75. The minimum atomic E-state index is -0.657. The maximum atomic E-state index is 13.3. The lowest BCUT2D eigenvalue weighted by molar-refractivity contribution is -0.126. The topological polar surface area (TPSA) is 37.4 Å². The molecule has 0 radical (unpaired) electrons. The molecule has 1 aliphatic heterocycles. The number of nitrogens with zero attached hydrogens (tertiary/aromatic N) is 1. The number of hydrogen-bond donors (Lipinski definition) is 0. The van der Waals surface area contributed by atoms with E-state index in [0.29, 0.717) is 11.6 Å². The number of imide groups is 1. The first kappa shape index (κ1) is 16.7. The van der Waals surface area contributed by atoms with Crippen molar-refractivity contribution in [1.29, 1.82) is 0 Å². The van der Waals surface area contributed by atoms with E-state index in [2.05, 4.69) is 27.4 Å². The summed E-state index contributed by atoms with van der Waals surface area (Å²) in [6.45, 7) is 12.3. The molecule has 3 rings (SSSR count). The molecule has 0 bridgehead atoms. The van der Waals surface area contributed by atoms with Crippen molar-refractivity contribution in [2.45, 2.75) is 40.5 Å². The molecule has 3 atom stereocenters. The Morgan fingerprint density at radius 3 is 2.42 bits per heavy atom. The number of aryl methyl sites for hydroxylation is 1. The molecule has 24 heavy (non-hydrogen) atoms. The first-order valence-corrected chi connectivity index (χ1v) is 8.55. The summed E-state index contributed by atoms with van der Waals surface area (Å²) in [5.74, 6) is 0.0828. The lowest BCUT2D eigenvalue weighted by Gasteiger charge is -2.27. The van der Waals surface area contributed by atoms with E-state index < -0.39 is 5.41 Å². The number of anilines is 1. The molecule has 2 fully saturated rings. The Kier molecular flexibility index (Phi) is 3.98. The number of hydrogen-bond acceptors (Lipinski definition) is 2. The minimum Gasteiger partial charge on any atom is -0.274 e. The number of benzene rings is 1. The number of allylic oxidation sites excluding steroid dienone is 3. The number of carbonyl (C=O) groups is 2. The van der Waals surface area contributed by atoms with Gasteiger partial charge in [-0.3, -0.25) is 14.5 Å². The second-order valence-corrected chi connectivity index (χ2v) is 7.48. The maximum absolute atomic E-state index is 13.3. The molecular formula is C21H25NO2. The van der Waals surface area contributed by atoms with Crippen LogP contribution in [0.5, 0.6) is 0 Å². The Balaban J connectivity index is 2.06. The molecule has 1 saturated heterocycles. The van der Waals surface area contributed by atoms with Gasteiger partial charge in [0.1, 0.15) is 0 Å². The van der Waals surface area contributed by atoms with Gasteiger partial charge in [0.25, 0.3) is 0 Å². The van der Waals surface area contributed by atoms with Gasteiger partial charge < -0.3 is 0 Å². The monoisotopic (exact) mass is 323 g/mol. The average Bonchev–Trinajstić information content (AvgIpc) is 2.94. The van der Waals surface area contributed by atoms with Crippen molar-refractivity contribution >= 4 is 17.5 Å². The third-order valence-electron chi connectivity index (χ3n) is 5.58. The fourth-order valence-corrected chi connectivity index (χ4v) is 4.66. The smallest absolute Gasteiger partial charge is 0.241 e. The number of rotatable bonds is 2. The summed E-state index contributed by atoms with van der Waals surface area (Å²) in [4.78, 5) is 27.5. The van der Waals surface area contributed by atoms with Gasteiger partial charge in [0.05, 0.1) is 11.1 Å². The molecule has 0 N–H and O–H groups in total. The summed E-state index contributed by atoms with van der Waals surface area (Å²) < 4.78 is 0. The van der Waals surface area contributed by atoms with Gasteiger partial charge in [0.2, 0.25) is 11.8 Å². The van der Waals surface area contributed by atoms with Crippen LogP contribution in [-0.2, 0) is 9.59 Å². The molecule has 2 aliphatic rings. The van der Waals surface area contributed by atoms with E-state index in [1.54, 1.807) is 0 Å². The van der Waals surface area contributed by atoms with Crippen LogP contribution in [0.4, 0.5) is 5.69 Å². The molecule has 3 nitrogen and oxygen atoms in total. The molecule has 1 aliphatic carbocycles. The standard InChI is InChI=1S/C21H25NO2/c1-6-17-19(13(2)3)15(5)11-21(17)12-18(23)22(20(21)24)16-9-7-14(4)8-10-16/h6-10,15,17H,1,11-12H2,2-5H3. The highest BCUT2D eigenvalue weighted by Crippen LogP contribution is 2.57. The molecule has 1 spiro atoms. The van der Waals surface area contributed by atoms with Crippen molar-refractivity contribution in [3.8, 4) is 0 Å². The Morgan fingerprint density at radius 1 is 1.25 bits per heavy atom. The molecular weight excluding hydrogens is 298 g/mol. The van der Waals surface area contributed by atoms with E-state index in [-0.39, 0.29) is 24.2 Å². The van der Waals surface area contributed by atoms with E-state index in [4.69, 9.17) is 0 Å². The molecule has 1 heterocycles. The van der Waals surface area contributed by atoms with Gasteiger partial charge in [-0.1, -0.05) is 41.8 Å². The maximum Gasteiger partial charge on any atom is 0.241 e. The molecule has 3 heteroatoms. The predicted octanol–water partition coefficient (Wildman–Crippen LogP) is 4.42. The molecule has 2 amide bonds. The zero-order chi connectivity index (χ0) is 17.6. The fourth-order valence-electron chi connectivity index (χ4n) is 4.66. The normalized spacial score (nSPS) is 29.7.